The molecule has 2 nitrogen and oxygen atoms in total. The van der Waals surface area contributed by atoms with Gasteiger partial charge >= 0.3 is 0 Å². The third-order valence-corrected chi connectivity index (χ3v) is 3.89. The fourth-order valence-electron chi connectivity index (χ4n) is 2.53. The molecule has 0 atom stereocenters. The third-order valence-electron chi connectivity index (χ3n) is 3.58. The molecule has 0 saturated carbocycles. The van der Waals surface area contributed by atoms with Crippen molar-refractivity contribution >= 4 is 11.6 Å². The molecule has 1 aromatic carbocycles. The predicted molar refractivity (Wildman–Crippen MR) is 75.7 cm³/mol. The zero-order chi connectivity index (χ0) is 12.8. The Kier molecular flexibility index (Phi) is 5.33. The highest BCUT2D eigenvalue weighted by molar-refractivity contribution is 6.32. The maximum Gasteiger partial charge on any atom is 0.138 e. The second kappa shape index (κ2) is 7.01. The van der Waals surface area contributed by atoms with Gasteiger partial charge in [-0.1, -0.05) is 17.7 Å². The molecule has 0 aromatic heterocycles. The van der Waals surface area contributed by atoms with Crippen LogP contribution in [-0.2, 0) is 0 Å². The van der Waals surface area contributed by atoms with Crippen molar-refractivity contribution in [2.45, 2.75) is 32.6 Å². The summed E-state index contributed by atoms with van der Waals surface area (Å²) in [5, 5.41) is 0.714. The standard InChI is InChI=1S/C15H22ClNO/c1-13-6-7-14(16)15(12-13)18-11-5-10-17-8-3-2-4-9-17/h6-7,12H,2-5,8-11H2,1H3/p+1. The van der Waals surface area contributed by atoms with Crippen LogP contribution in [0.25, 0.3) is 0 Å². The monoisotopic (exact) mass is 268 g/mol. The smallest absolute Gasteiger partial charge is 0.138 e. The summed E-state index contributed by atoms with van der Waals surface area (Å²) in [5.41, 5.74) is 1.19. The summed E-state index contributed by atoms with van der Waals surface area (Å²) < 4.78 is 5.76. The molecule has 1 fully saturated rings. The summed E-state index contributed by atoms with van der Waals surface area (Å²) in [6.07, 6.45) is 5.30. The first-order chi connectivity index (χ1) is 8.75. The molecule has 1 aliphatic rings. The van der Waals surface area contributed by atoms with Gasteiger partial charge in [0, 0.05) is 6.42 Å². The van der Waals surface area contributed by atoms with Crippen LogP contribution in [0.1, 0.15) is 31.2 Å². The molecule has 1 aliphatic heterocycles. The van der Waals surface area contributed by atoms with Gasteiger partial charge in [0.25, 0.3) is 0 Å². The molecular weight excluding hydrogens is 246 g/mol. The average Bonchev–Trinajstić information content (AvgIpc) is 2.40. The molecule has 0 unspecified atom stereocenters. The number of hydrogen-bond acceptors (Lipinski definition) is 1. The van der Waals surface area contributed by atoms with Crippen molar-refractivity contribution in [3.8, 4) is 5.75 Å². The summed E-state index contributed by atoms with van der Waals surface area (Å²) in [5.74, 6) is 0.824. The van der Waals surface area contributed by atoms with Crippen molar-refractivity contribution in [3.05, 3.63) is 28.8 Å². The number of halogens is 1. The number of likely N-dealkylation sites (tertiary alicyclic amines) is 1. The molecular formula is C15H23ClNO+. The van der Waals surface area contributed by atoms with Crippen molar-refractivity contribution in [2.24, 2.45) is 0 Å². The molecule has 0 bridgehead atoms. The van der Waals surface area contributed by atoms with Crippen molar-refractivity contribution in [1.29, 1.82) is 0 Å². The molecule has 0 amide bonds. The minimum Gasteiger partial charge on any atom is -0.492 e. The second-order valence-corrected chi connectivity index (χ2v) is 5.60. The van der Waals surface area contributed by atoms with E-state index >= 15 is 0 Å². The van der Waals surface area contributed by atoms with Gasteiger partial charge in [-0.05, 0) is 43.9 Å². The summed E-state index contributed by atoms with van der Waals surface area (Å²) in [6.45, 7) is 6.73. The van der Waals surface area contributed by atoms with Crippen LogP contribution in [0.5, 0.6) is 5.75 Å². The van der Waals surface area contributed by atoms with Crippen molar-refractivity contribution in [1.82, 2.24) is 0 Å². The minimum absolute atomic E-state index is 0.714. The number of nitrogens with one attached hydrogen (secondary N) is 1. The van der Waals surface area contributed by atoms with E-state index in [4.69, 9.17) is 16.3 Å². The molecule has 1 heterocycles. The summed E-state index contributed by atoms with van der Waals surface area (Å²) in [7, 11) is 0. The zero-order valence-electron chi connectivity index (χ0n) is 11.2. The summed E-state index contributed by atoms with van der Waals surface area (Å²) in [6, 6.07) is 5.92. The third kappa shape index (κ3) is 4.18. The Hall–Kier alpha value is -0.730. The highest BCUT2D eigenvalue weighted by Gasteiger charge is 2.12. The minimum atomic E-state index is 0.714. The molecule has 0 aliphatic carbocycles. The van der Waals surface area contributed by atoms with Crippen LogP contribution in [0.3, 0.4) is 0 Å². The normalized spacial score (nSPS) is 16.8. The van der Waals surface area contributed by atoms with E-state index in [9.17, 15) is 0 Å². The van der Waals surface area contributed by atoms with Crippen LogP contribution < -0.4 is 9.64 Å². The fraction of sp³-hybridized carbons (Fsp3) is 0.600. The maximum atomic E-state index is 6.09. The lowest BCUT2D eigenvalue weighted by atomic mass is 10.1. The van der Waals surface area contributed by atoms with Crippen LogP contribution in [0.15, 0.2) is 18.2 Å². The van der Waals surface area contributed by atoms with Gasteiger partial charge in [0.2, 0.25) is 0 Å². The number of hydrogen-bond donors (Lipinski definition) is 1. The van der Waals surface area contributed by atoms with Gasteiger partial charge in [-0.2, -0.15) is 0 Å². The van der Waals surface area contributed by atoms with Crippen LogP contribution in [0.4, 0.5) is 0 Å². The van der Waals surface area contributed by atoms with Gasteiger partial charge in [0.1, 0.15) is 5.75 Å². The molecule has 3 heteroatoms. The van der Waals surface area contributed by atoms with E-state index in [0.717, 1.165) is 18.8 Å². The Balaban J connectivity index is 1.69. The van der Waals surface area contributed by atoms with Crippen LogP contribution in [-0.4, -0.2) is 26.2 Å². The number of ether oxygens (including phenoxy) is 1. The lowest BCUT2D eigenvalue weighted by molar-refractivity contribution is -0.905. The number of aryl methyl sites for hydroxylation is 1. The van der Waals surface area contributed by atoms with Crippen LogP contribution in [0.2, 0.25) is 5.02 Å². The lowest BCUT2D eigenvalue weighted by Gasteiger charge is -2.23. The molecule has 1 aromatic rings. The summed E-state index contributed by atoms with van der Waals surface area (Å²) in [4.78, 5) is 1.74. The lowest BCUT2D eigenvalue weighted by Crippen LogP contribution is -3.12. The van der Waals surface area contributed by atoms with Crippen LogP contribution in [0, 0.1) is 6.92 Å². The van der Waals surface area contributed by atoms with E-state index in [1.165, 1.54) is 44.5 Å². The summed E-state index contributed by atoms with van der Waals surface area (Å²) >= 11 is 6.09. The Morgan fingerprint density at radius 1 is 1.22 bits per heavy atom. The molecule has 18 heavy (non-hydrogen) atoms. The molecule has 1 N–H and O–H groups in total. The van der Waals surface area contributed by atoms with E-state index in [-0.39, 0.29) is 0 Å². The maximum absolute atomic E-state index is 6.09. The molecule has 1 saturated heterocycles. The van der Waals surface area contributed by atoms with Crippen molar-refractivity contribution < 1.29 is 9.64 Å². The van der Waals surface area contributed by atoms with Gasteiger partial charge < -0.3 is 9.64 Å². The Morgan fingerprint density at radius 2 is 2.00 bits per heavy atom. The van der Waals surface area contributed by atoms with Crippen molar-refractivity contribution in [2.75, 3.05) is 26.2 Å². The largest absolute Gasteiger partial charge is 0.492 e. The highest BCUT2D eigenvalue weighted by atomic mass is 35.5. The average molecular weight is 269 g/mol. The van der Waals surface area contributed by atoms with Gasteiger partial charge in [0.15, 0.2) is 0 Å². The van der Waals surface area contributed by atoms with Crippen molar-refractivity contribution in [3.63, 3.8) is 0 Å². The molecule has 100 valence electrons. The number of quaternary nitrogens is 1. The Labute approximate surface area is 115 Å². The molecule has 2 rings (SSSR count). The first kappa shape index (κ1) is 13.7. The van der Waals surface area contributed by atoms with E-state index in [2.05, 4.69) is 6.92 Å². The van der Waals surface area contributed by atoms with E-state index in [1.807, 2.05) is 18.2 Å². The quantitative estimate of drug-likeness (QED) is 0.810. The predicted octanol–water partition coefficient (Wildman–Crippen LogP) is 2.49. The number of benzene rings is 1. The highest BCUT2D eigenvalue weighted by Crippen LogP contribution is 2.25. The van der Waals surface area contributed by atoms with Gasteiger partial charge in [-0.3, -0.25) is 0 Å². The first-order valence-corrected chi connectivity index (χ1v) is 7.36. The topological polar surface area (TPSA) is 13.7 Å². The van der Waals surface area contributed by atoms with Gasteiger partial charge in [-0.15, -0.1) is 0 Å². The fourth-order valence-corrected chi connectivity index (χ4v) is 2.70. The number of rotatable bonds is 5. The zero-order valence-corrected chi connectivity index (χ0v) is 11.9. The van der Waals surface area contributed by atoms with E-state index < -0.39 is 0 Å². The van der Waals surface area contributed by atoms with E-state index in [0.29, 0.717) is 5.02 Å². The molecule has 0 spiro atoms. The molecule has 0 radical (unpaired) electrons. The Morgan fingerprint density at radius 3 is 2.78 bits per heavy atom. The van der Waals surface area contributed by atoms with E-state index in [1.54, 1.807) is 4.90 Å². The van der Waals surface area contributed by atoms with Crippen LogP contribution >= 0.6 is 11.6 Å². The van der Waals surface area contributed by atoms with Gasteiger partial charge in [-0.25, -0.2) is 0 Å². The Bertz CT molecular complexity index is 375. The number of piperidine rings is 1. The SMILES string of the molecule is Cc1ccc(Cl)c(OCCC[NH+]2CCCCC2)c1. The first-order valence-electron chi connectivity index (χ1n) is 6.98. The second-order valence-electron chi connectivity index (χ2n) is 5.20. The van der Waals surface area contributed by atoms with Gasteiger partial charge in [0.05, 0.1) is 31.3 Å².